The third-order valence-electron chi connectivity index (χ3n) is 4.31. The van der Waals surface area contributed by atoms with Crippen molar-refractivity contribution in [2.45, 2.75) is 6.42 Å². The Hall–Kier alpha value is -4.12. The normalized spacial score (nSPS) is 10.3. The van der Waals surface area contributed by atoms with Crippen LogP contribution in [0.25, 0.3) is 11.0 Å². The van der Waals surface area contributed by atoms with Crippen LogP contribution < -0.4 is 15.3 Å². The van der Waals surface area contributed by atoms with Gasteiger partial charge in [-0.1, -0.05) is 30.3 Å². The molecule has 3 aromatic rings. The number of ether oxygens (including phenoxy) is 2. The summed E-state index contributed by atoms with van der Waals surface area (Å²) in [7, 11) is 1.44. The van der Waals surface area contributed by atoms with E-state index in [1.807, 2.05) is 6.07 Å². The summed E-state index contributed by atoms with van der Waals surface area (Å²) < 4.78 is 15.4. The molecule has 0 aliphatic rings. The lowest BCUT2D eigenvalue weighted by Gasteiger charge is -2.21. The second-order valence-corrected chi connectivity index (χ2v) is 6.19. The van der Waals surface area contributed by atoms with E-state index >= 15 is 0 Å². The standard InChI is InChI=1S/C22H18N2O6/c1-28-18-10-5-7-15-13-17(22(27)30-20(15)18)21(26)29-14-19(25)24(12-6-11-23)16-8-3-2-4-9-16/h2-5,7-10,13H,6,12,14H2,1H3. The van der Waals surface area contributed by atoms with Gasteiger partial charge in [0.2, 0.25) is 0 Å². The molecule has 8 nitrogen and oxygen atoms in total. The summed E-state index contributed by atoms with van der Waals surface area (Å²) in [4.78, 5) is 38.6. The average molecular weight is 406 g/mol. The van der Waals surface area contributed by atoms with Crippen LogP contribution in [-0.2, 0) is 9.53 Å². The monoisotopic (exact) mass is 406 g/mol. The first kappa shape index (κ1) is 20.6. The van der Waals surface area contributed by atoms with E-state index < -0.39 is 24.1 Å². The molecular formula is C22H18N2O6. The molecule has 30 heavy (non-hydrogen) atoms. The number of fused-ring (bicyclic) bond motifs is 1. The fourth-order valence-corrected chi connectivity index (χ4v) is 2.87. The van der Waals surface area contributed by atoms with Crippen LogP contribution in [0.1, 0.15) is 16.8 Å². The molecule has 0 unspecified atom stereocenters. The van der Waals surface area contributed by atoms with Gasteiger partial charge in [0, 0.05) is 17.6 Å². The maximum Gasteiger partial charge on any atom is 0.351 e. The van der Waals surface area contributed by atoms with E-state index in [1.54, 1.807) is 48.5 Å². The molecule has 0 saturated carbocycles. The number of carbonyl (C=O) groups is 2. The van der Waals surface area contributed by atoms with E-state index in [-0.39, 0.29) is 24.1 Å². The number of amides is 1. The molecule has 3 rings (SSSR count). The number of para-hydroxylation sites is 2. The van der Waals surface area contributed by atoms with E-state index in [9.17, 15) is 14.4 Å². The lowest BCUT2D eigenvalue weighted by Crippen LogP contribution is -2.35. The minimum Gasteiger partial charge on any atom is -0.493 e. The number of hydrogen-bond donors (Lipinski definition) is 0. The first-order valence-electron chi connectivity index (χ1n) is 9.05. The van der Waals surface area contributed by atoms with E-state index in [4.69, 9.17) is 19.2 Å². The van der Waals surface area contributed by atoms with Crippen molar-refractivity contribution in [3.63, 3.8) is 0 Å². The van der Waals surface area contributed by atoms with E-state index in [0.29, 0.717) is 16.8 Å². The maximum atomic E-state index is 12.6. The Morgan fingerprint density at radius 3 is 2.60 bits per heavy atom. The molecule has 1 amide bonds. The Bertz CT molecular complexity index is 1160. The largest absolute Gasteiger partial charge is 0.493 e. The molecule has 152 valence electrons. The van der Waals surface area contributed by atoms with Gasteiger partial charge in [0.15, 0.2) is 17.9 Å². The highest BCUT2D eigenvalue weighted by Crippen LogP contribution is 2.24. The summed E-state index contributed by atoms with van der Waals surface area (Å²) >= 11 is 0. The number of anilines is 1. The summed E-state index contributed by atoms with van der Waals surface area (Å²) in [6.45, 7) is -0.441. The fraction of sp³-hybridized carbons (Fsp3) is 0.182. The molecule has 0 saturated heterocycles. The minimum atomic E-state index is -0.977. The third-order valence-corrected chi connectivity index (χ3v) is 4.31. The van der Waals surface area contributed by atoms with Crippen LogP contribution in [0.5, 0.6) is 5.75 Å². The second-order valence-electron chi connectivity index (χ2n) is 6.19. The first-order chi connectivity index (χ1) is 14.5. The summed E-state index contributed by atoms with van der Waals surface area (Å²) in [5.41, 5.74) is -0.434. The van der Waals surface area contributed by atoms with Gasteiger partial charge in [0.1, 0.15) is 5.56 Å². The summed E-state index contributed by atoms with van der Waals surface area (Å²) in [5.74, 6) is -1.14. The van der Waals surface area contributed by atoms with Crippen LogP contribution in [0, 0.1) is 11.3 Å². The predicted octanol–water partition coefficient (Wildman–Crippen LogP) is 2.91. The van der Waals surface area contributed by atoms with Gasteiger partial charge in [-0.25, -0.2) is 9.59 Å². The van der Waals surface area contributed by atoms with Gasteiger partial charge in [0.25, 0.3) is 5.91 Å². The van der Waals surface area contributed by atoms with Crippen molar-refractivity contribution in [3.8, 4) is 11.8 Å². The number of carbonyl (C=O) groups excluding carboxylic acids is 2. The Kier molecular flexibility index (Phi) is 6.45. The lowest BCUT2D eigenvalue weighted by molar-refractivity contribution is -0.121. The highest BCUT2D eigenvalue weighted by Gasteiger charge is 2.21. The number of nitrogens with zero attached hydrogens (tertiary/aromatic N) is 2. The Balaban J connectivity index is 1.77. The van der Waals surface area contributed by atoms with Crippen molar-refractivity contribution >= 4 is 28.5 Å². The zero-order valence-corrected chi connectivity index (χ0v) is 16.2. The van der Waals surface area contributed by atoms with Crippen molar-refractivity contribution in [2.24, 2.45) is 0 Å². The molecule has 2 aromatic carbocycles. The Morgan fingerprint density at radius 2 is 1.90 bits per heavy atom. The molecule has 0 N–H and O–H groups in total. The van der Waals surface area contributed by atoms with Crippen LogP contribution in [0.3, 0.4) is 0 Å². The molecule has 0 atom stereocenters. The van der Waals surface area contributed by atoms with Crippen molar-refractivity contribution in [1.82, 2.24) is 0 Å². The molecule has 0 aliphatic carbocycles. The van der Waals surface area contributed by atoms with Gasteiger partial charge >= 0.3 is 11.6 Å². The quantitative estimate of drug-likeness (QED) is 0.438. The van der Waals surface area contributed by atoms with Crippen molar-refractivity contribution < 1.29 is 23.5 Å². The SMILES string of the molecule is COc1cccc2cc(C(=O)OCC(=O)N(CCC#N)c3ccccc3)c(=O)oc12. The smallest absolute Gasteiger partial charge is 0.351 e. The lowest BCUT2D eigenvalue weighted by atomic mass is 10.2. The molecule has 0 bridgehead atoms. The van der Waals surface area contributed by atoms with Crippen LogP contribution in [0.15, 0.2) is 63.8 Å². The van der Waals surface area contributed by atoms with Crippen LogP contribution in [0.4, 0.5) is 5.69 Å². The molecule has 1 heterocycles. The Morgan fingerprint density at radius 1 is 1.13 bits per heavy atom. The first-order valence-corrected chi connectivity index (χ1v) is 9.05. The summed E-state index contributed by atoms with van der Waals surface area (Å²) in [6, 6.07) is 17.0. The van der Waals surface area contributed by atoms with Crippen LogP contribution in [-0.4, -0.2) is 32.1 Å². The molecule has 0 fully saturated rings. The molecule has 8 heteroatoms. The highest BCUT2D eigenvalue weighted by molar-refractivity contribution is 5.98. The van der Waals surface area contributed by atoms with E-state index in [0.717, 1.165) is 0 Å². The van der Waals surface area contributed by atoms with Crippen molar-refractivity contribution in [1.29, 1.82) is 5.26 Å². The number of esters is 1. The molecule has 0 aliphatic heterocycles. The van der Waals surface area contributed by atoms with E-state index in [1.165, 1.54) is 18.1 Å². The number of hydrogen-bond acceptors (Lipinski definition) is 7. The van der Waals surface area contributed by atoms with Crippen LogP contribution in [0.2, 0.25) is 0 Å². The maximum absolute atomic E-state index is 12.6. The fourth-order valence-electron chi connectivity index (χ4n) is 2.87. The highest BCUT2D eigenvalue weighted by atomic mass is 16.5. The van der Waals surface area contributed by atoms with Gasteiger partial charge in [-0.3, -0.25) is 4.79 Å². The zero-order valence-electron chi connectivity index (χ0n) is 16.2. The van der Waals surface area contributed by atoms with Gasteiger partial charge in [-0.15, -0.1) is 0 Å². The number of rotatable bonds is 7. The van der Waals surface area contributed by atoms with Crippen molar-refractivity contribution in [3.05, 3.63) is 70.6 Å². The van der Waals surface area contributed by atoms with E-state index in [2.05, 4.69) is 0 Å². The average Bonchev–Trinajstić information content (AvgIpc) is 2.77. The molecule has 1 aromatic heterocycles. The van der Waals surface area contributed by atoms with Gasteiger partial charge in [-0.05, 0) is 24.3 Å². The van der Waals surface area contributed by atoms with Gasteiger partial charge < -0.3 is 18.8 Å². The predicted molar refractivity (Wildman–Crippen MR) is 108 cm³/mol. The topological polar surface area (TPSA) is 110 Å². The number of benzene rings is 2. The third kappa shape index (κ3) is 4.47. The second kappa shape index (κ2) is 9.39. The van der Waals surface area contributed by atoms with Crippen LogP contribution >= 0.6 is 0 Å². The molecule has 0 radical (unpaired) electrons. The molecule has 0 spiro atoms. The molecular weight excluding hydrogens is 388 g/mol. The number of nitriles is 1. The minimum absolute atomic E-state index is 0.116. The van der Waals surface area contributed by atoms with Gasteiger partial charge in [0.05, 0.1) is 19.6 Å². The summed E-state index contributed by atoms with van der Waals surface area (Å²) in [6.07, 6.45) is 0.116. The Labute approximate surface area is 171 Å². The zero-order chi connectivity index (χ0) is 21.5. The van der Waals surface area contributed by atoms with Crippen molar-refractivity contribution in [2.75, 3.05) is 25.2 Å². The number of methoxy groups -OCH3 is 1. The van der Waals surface area contributed by atoms with Gasteiger partial charge in [-0.2, -0.15) is 5.26 Å². The summed E-state index contributed by atoms with van der Waals surface area (Å²) in [5, 5.41) is 9.32.